The van der Waals surface area contributed by atoms with Crippen LogP contribution in [0.1, 0.15) is 31.4 Å². The number of likely N-dealkylation sites (tertiary alicyclic amines) is 1. The van der Waals surface area contributed by atoms with Gasteiger partial charge in [0.2, 0.25) is 5.91 Å². The number of nitrogens with zero attached hydrogens (tertiary/aromatic N) is 3. The molecule has 2 heterocycles. The molecule has 2 aliphatic rings. The van der Waals surface area contributed by atoms with Crippen molar-refractivity contribution in [3.63, 3.8) is 0 Å². The van der Waals surface area contributed by atoms with Crippen molar-refractivity contribution in [3.8, 4) is 0 Å². The average Bonchev–Trinajstić information content (AvgIpc) is 2.64. The number of halogens is 2. The molecule has 27 heavy (non-hydrogen) atoms. The van der Waals surface area contributed by atoms with Gasteiger partial charge in [-0.3, -0.25) is 9.69 Å². The zero-order valence-electron chi connectivity index (χ0n) is 16.4. The number of hydrogen-bond donors (Lipinski definition) is 1. The van der Waals surface area contributed by atoms with Crippen molar-refractivity contribution >= 4 is 30.7 Å². The second-order valence-electron chi connectivity index (χ2n) is 7.70. The normalized spacial score (nSPS) is 23.7. The van der Waals surface area contributed by atoms with Gasteiger partial charge in [0.15, 0.2) is 0 Å². The fraction of sp³-hybridized carbons (Fsp3) is 0.650. The van der Waals surface area contributed by atoms with E-state index in [0.717, 1.165) is 57.7 Å². The summed E-state index contributed by atoms with van der Waals surface area (Å²) in [6.45, 7) is 7.62. The van der Waals surface area contributed by atoms with E-state index in [1.54, 1.807) is 0 Å². The van der Waals surface area contributed by atoms with Gasteiger partial charge < -0.3 is 15.5 Å². The number of benzene rings is 1. The average molecular weight is 417 g/mol. The van der Waals surface area contributed by atoms with Crippen LogP contribution in [0.2, 0.25) is 0 Å². The van der Waals surface area contributed by atoms with Crippen molar-refractivity contribution in [2.45, 2.75) is 31.8 Å². The van der Waals surface area contributed by atoms with Gasteiger partial charge in [0.1, 0.15) is 6.04 Å². The van der Waals surface area contributed by atoms with Crippen LogP contribution in [0.25, 0.3) is 0 Å². The monoisotopic (exact) mass is 416 g/mol. The first-order chi connectivity index (χ1) is 12.1. The Balaban J connectivity index is 0.00000182. The van der Waals surface area contributed by atoms with Crippen LogP contribution in [0, 0.1) is 5.92 Å². The molecule has 1 aromatic carbocycles. The van der Waals surface area contributed by atoms with Crippen LogP contribution in [0.4, 0.5) is 0 Å². The summed E-state index contributed by atoms with van der Waals surface area (Å²) in [6.07, 6.45) is 2.19. The molecule has 0 aromatic heterocycles. The Morgan fingerprint density at radius 3 is 2.30 bits per heavy atom. The van der Waals surface area contributed by atoms with Gasteiger partial charge in [-0.2, -0.15) is 0 Å². The van der Waals surface area contributed by atoms with Crippen LogP contribution in [0.5, 0.6) is 0 Å². The van der Waals surface area contributed by atoms with Crippen LogP contribution in [-0.4, -0.2) is 73.0 Å². The second-order valence-corrected chi connectivity index (χ2v) is 7.70. The lowest BCUT2D eigenvalue weighted by molar-refractivity contribution is -0.140. The van der Waals surface area contributed by atoms with E-state index in [1.807, 2.05) is 18.2 Å². The molecule has 3 rings (SSSR count). The van der Waals surface area contributed by atoms with E-state index >= 15 is 0 Å². The molecule has 0 bridgehead atoms. The lowest BCUT2D eigenvalue weighted by atomic mass is 9.91. The Kier molecular flexibility index (Phi) is 10.1. The second kappa shape index (κ2) is 11.2. The highest BCUT2D eigenvalue weighted by Gasteiger charge is 2.35. The van der Waals surface area contributed by atoms with Crippen molar-refractivity contribution in [1.82, 2.24) is 14.7 Å². The van der Waals surface area contributed by atoms with Crippen LogP contribution >= 0.6 is 24.8 Å². The Bertz CT molecular complexity index is 564. The number of hydrogen-bond acceptors (Lipinski definition) is 4. The molecule has 2 aliphatic heterocycles. The number of piperidine rings is 1. The highest BCUT2D eigenvalue weighted by atomic mass is 35.5. The Labute approximate surface area is 176 Å². The first-order valence-corrected chi connectivity index (χ1v) is 9.58. The fourth-order valence-corrected chi connectivity index (χ4v) is 4.04. The molecule has 3 atom stereocenters. The van der Waals surface area contributed by atoms with Crippen molar-refractivity contribution in [3.05, 3.63) is 35.9 Å². The predicted octanol–water partition coefficient (Wildman–Crippen LogP) is 2.40. The summed E-state index contributed by atoms with van der Waals surface area (Å²) in [4.78, 5) is 20.2. The summed E-state index contributed by atoms with van der Waals surface area (Å²) < 4.78 is 0. The summed E-state index contributed by atoms with van der Waals surface area (Å²) in [7, 11) is 2.15. The summed E-state index contributed by atoms with van der Waals surface area (Å²) in [6, 6.07) is 10.2. The van der Waals surface area contributed by atoms with Crippen LogP contribution in [0.3, 0.4) is 0 Å². The summed E-state index contributed by atoms with van der Waals surface area (Å²) in [5.41, 5.74) is 7.23. The van der Waals surface area contributed by atoms with Gasteiger partial charge in [-0.1, -0.05) is 30.3 Å². The number of piperazine rings is 1. The van der Waals surface area contributed by atoms with E-state index in [9.17, 15) is 4.79 Å². The maximum Gasteiger partial charge on any atom is 0.244 e. The molecule has 3 unspecified atom stereocenters. The molecule has 2 N–H and O–H groups in total. The third kappa shape index (κ3) is 6.06. The molecule has 0 spiro atoms. The summed E-state index contributed by atoms with van der Waals surface area (Å²) in [5, 5.41) is 0. The number of nitrogens with two attached hydrogens (primary N) is 1. The van der Waals surface area contributed by atoms with Gasteiger partial charge >= 0.3 is 0 Å². The van der Waals surface area contributed by atoms with Crippen molar-refractivity contribution in [2.75, 3.05) is 46.3 Å². The fourth-order valence-electron chi connectivity index (χ4n) is 4.04. The highest BCUT2D eigenvalue weighted by molar-refractivity contribution is 5.85. The minimum absolute atomic E-state index is 0. The zero-order chi connectivity index (χ0) is 17.8. The topological polar surface area (TPSA) is 52.8 Å². The summed E-state index contributed by atoms with van der Waals surface area (Å²) in [5.74, 6) is 0.669. The van der Waals surface area contributed by atoms with E-state index in [0.29, 0.717) is 5.92 Å². The van der Waals surface area contributed by atoms with Gasteiger partial charge in [0.05, 0.1) is 0 Å². The standard InChI is InChI=1S/C20H32N4O.2ClH/c1-16(21)18-9-6-10-24(15-18)20(25)19(17-7-4-3-5-8-17)23-13-11-22(2)12-14-23;;/h3-5,7-8,16,18-19H,6,9-15,21H2,1-2H3;2*1H. The minimum atomic E-state index is -0.165. The zero-order valence-corrected chi connectivity index (χ0v) is 18.1. The molecule has 0 saturated carbocycles. The lowest BCUT2D eigenvalue weighted by Crippen LogP contribution is -2.53. The van der Waals surface area contributed by atoms with Gasteiger partial charge in [0, 0.05) is 45.3 Å². The molecule has 0 aliphatic carbocycles. The quantitative estimate of drug-likeness (QED) is 0.818. The molecule has 1 amide bonds. The van der Waals surface area contributed by atoms with Gasteiger partial charge in [-0.05, 0) is 38.3 Å². The van der Waals surface area contributed by atoms with Gasteiger partial charge in [0.25, 0.3) is 0 Å². The van der Waals surface area contributed by atoms with Crippen molar-refractivity contribution in [1.29, 1.82) is 0 Å². The van der Waals surface area contributed by atoms with Gasteiger partial charge in [-0.15, -0.1) is 24.8 Å². The molecule has 7 heteroatoms. The number of carbonyl (C=O) groups excluding carboxylic acids is 1. The Morgan fingerprint density at radius 2 is 1.70 bits per heavy atom. The first kappa shape index (κ1) is 24.2. The van der Waals surface area contributed by atoms with E-state index in [2.05, 4.69) is 40.8 Å². The van der Waals surface area contributed by atoms with Crippen LogP contribution in [-0.2, 0) is 4.79 Å². The van der Waals surface area contributed by atoms with Crippen LogP contribution in [0.15, 0.2) is 30.3 Å². The van der Waals surface area contributed by atoms with E-state index in [-0.39, 0.29) is 42.8 Å². The first-order valence-electron chi connectivity index (χ1n) is 9.58. The third-order valence-corrected chi connectivity index (χ3v) is 5.77. The largest absolute Gasteiger partial charge is 0.341 e. The number of rotatable bonds is 4. The number of amides is 1. The Morgan fingerprint density at radius 1 is 1.07 bits per heavy atom. The number of likely N-dealkylation sites (N-methyl/N-ethyl adjacent to an activating group) is 1. The maximum atomic E-state index is 13.5. The lowest BCUT2D eigenvalue weighted by Gasteiger charge is -2.41. The SMILES string of the molecule is CC(N)C1CCCN(C(=O)C(c2ccccc2)N2CCN(C)CC2)C1.Cl.Cl. The van der Waals surface area contributed by atoms with E-state index in [4.69, 9.17) is 5.73 Å². The van der Waals surface area contributed by atoms with Crippen molar-refractivity contribution in [2.24, 2.45) is 11.7 Å². The molecule has 5 nitrogen and oxygen atoms in total. The van der Waals surface area contributed by atoms with E-state index < -0.39 is 0 Å². The summed E-state index contributed by atoms with van der Waals surface area (Å²) >= 11 is 0. The maximum absolute atomic E-state index is 13.5. The molecule has 1 aromatic rings. The smallest absolute Gasteiger partial charge is 0.244 e. The third-order valence-electron chi connectivity index (χ3n) is 5.77. The van der Waals surface area contributed by atoms with E-state index in [1.165, 1.54) is 0 Å². The molecule has 0 radical (unpaired) electrons. The molecule has 2 saturated heterocycles. The highest BCUT2D eigenvalue weighted by Crippen LogP contribution is 2.27. The van der Waals surface area contributed by atoms with Gasteiger partial charge in [-0.25, -0.2) is 0 Å². The van der Waals surface area contributed by atoms with Crippen molar-refractivity contribution < 1.29 is 4.79 Å². The molecule has 2 fully saturated rings. The molecular weight excluding hydrogens is 383 g/mol. The predicted molar refractivity (Wildman–Crippen MR) is 116 cm³/mol. The van der Waals surface area contributed by atoms with Crippen LogP contribution < -0.4 is 5.73 Å². The molecule has 154 valence electrons. The molecular formula is C20H34Cl2N4O. The Hall–Kier alpha value is -0.850. The number of carbonyl (C=O) groups is 1. The minimum Gasteiger partial charge on any atom is -0.341 e.